The molecule has 1 heterocycles. The topological polar surface area (TPSA) is 3.88 Å². The molecule has 1 nitrogen and oxygen atoms in total. The van der Waals surface area contributed by atoms with Crippen LogP contribution < -0.4 is 4.57 Å². The molecule has 0 unspecified atom stereocenters. The average Bonchev–Trinajstić information content (AvgIpc) is 2.58. The lowest BCUT2D eigenvalue weighted by atomic mass is 9.84. The highest BCUT2D eigenvalue weighted by Gasteiger charge is 2.47. The number of aryl methyl sites for hydroxylation is 3. The maximum Gasteiger partial charge on any atom is 0.394 e. The summed E-state index contributed by atoms with van der Waals surface area (Å²) < 4.78 is 42.3. The summed E-state index contributed by atoms with van der Waals surface area (Å²) in [6.07, 6.45) is -4.29. The summed E-state index contributed by atoms with van der Waals surface area (Å²) in [6.45, 7) is 8.81. The summed E-state index contributed by atoms with van der Waals surface area (Å²) in [7, 11) is 1.98. The van der Waals surface area contributed by atoms with Crippen molar-refractivity contribution >= 4 is 10.9 Å². The first kappa shape index (κ1) is 20.4. The van der Waals surface area contributed by atoms with Gasteiger partial charge >= 0.3 is 6.18 Å². The van der Waals surface area contributed by atoms with Gasteiger partial charge in [0, 0.05) is 23.1 Å². The average molecular weight is 386 g/mol. The van der Waals surface area contributed by atoms with Crippen molar-refractivity contribution in [3.63, 3.8) is 0 Å². The molecule has 0 bridgehead atoms. The summed E-state index contributed by atoms with van der Waals surface area (Å²) in [5.74, 6) is 0. The number of hydrogen-bond acceptors (Lipinski definition) is 0. The number of hydrogen-bond donors (Lipinski definition) is 0. The Balaban J connectivity index is 2.17. The van der Waals surface area contributed by atoms with Gasteiger partial charge in [-0.25, -0.2) is 0 Å². The lowest BCUT2D eigenvalue weighted by molar-refractivity contribution is -0.633. The molecule has 0 radical (unpaired) electrons. The Kier molecular flexibility index (Phi) is 5.03. The Bertz CT molecular complexity index is 1050. The molecule has 0 aliphatic carbocycles. The zero-order valence-electron chi connectivity index (χ0n) is 17.3. The second-order valence-corrected chi connectivity index (χ2v) is 8.44. The molecular formula is C24H27F3N+. The quantitative estimate of drug-likeness (QED) is 0.459. The lowest BCUT2D eigenvalue weighted by Gasteiger charge is -2.28. The summed E-state index contributed by atoms with van der Waals surface area (Å²) in [5, 5.41) is 0.869. The predicted octanol–water partition coefficient (Wildman–Crippen LogP) is 6.39. The molecule has 2 aromatic carbocycles. The van der Waals surface area contributed by atoms with Crippen molar-refractivity contribution in [1.29, 1.82) is 0 Å². The van der Waals surface area contributed by atoms with E-state index in [2.05, 4.69) is 37.5 Å². The van der Waals surface area contributed by atoms with E-state index in [4.69, 9.17) is 0 Å². The third kappa shape index (κ3) is 3.52. The molecule has 0 saturated heterocycles. The fourth-order valence-electron chi connectivity index (χ4n) is 3.79. The second kappa shape index (κ2) is 6.91. The van der Waals surface area contributed by atoms with E-state index in [9.17, 15) is 13.2 Å². The maximum atomic E-state index is 13.4. The van der Waals surface area contributed by atoms with Crippen LogP contribution in [0.2, 0.25) is 0 Å². The molecule has 0 aliphatic heterocycles. The van der Waals surface area contributed by atoms with Crippen molar-refractivity contribution in [3.8, 4) is 11.3 Å². The number of halogens is 3. The summed E-state index contributed by atoms with van der Waals surface area (Å²) in [4.78, 5) is 0. The zero-order valence-corrected chi connectivity index (χ0v) is 17.3. The van der Waals surface area contributed by atoms with Crippen molar-refractivity contribution in [1.82, 2.24) is 0 Å². The number of nitrogens with zero attached hydrogens (tertiary/aromatic N) is 1. The highest BCUT2D eigenvalue weighted by molar-refractivity contribution is 5.81. The van der Waals surface area contributed by atoms with E-state index >= 15 is 0 Å². The van der Waals surface area contributed by atoms with Gasteiger partial charge in [-0.2, -0.15) is 17.7 Å². The summed E-state index contributed by atoms with van der Waals surface area (Å²) in [6, 6.07) is 13.9. The van der Waals surface area contributed by atoms with Gasteiger partial charge in [0.1, 0.15) is 7.05 Å². The van der Waals surface area contributed by atoms with Crippen LogP contribution >= 0.6 is 0 Å². The van der Waals surface area contributed by atoms with Gasteiger partial charge in [0.25, 0.3) is 0 Å². The molecule has 0 aliphatic rings. The predicted molar refractivity (Wildman–Crippen MR) is 108 cm³/mol. The highest BCUT2D eigenvalue weighted by atomic mass is 19.4. The fraction of sp³-hybridized carbons (Fsp3) is 0.375. The standard InChI is InChI=1S/C24H27F3N/c1-15-12-16(2)17(3)20(13-15)22-11-10-19-18(8-7-9-21(19)28(22)6)14-23(4,5)24(25,26)27/h7-13H,14H2,1-6H3/q+1. The monoisotopic (exact) mass is 386 g/mol. The van der Waals surface area contributed by atoms with Crippen LogP contribution in [0.3, 0.4) is 0 Å². The molecule has 148 valence electrons. The van der Waals surface area contributed by atoms with Crippen LogP contribution in [0.4, 0.5) is 13.2 Å². The molecule has 28 heavy (non-hydrogen) atoms. The van der Waals surface area contributed by atoms with Crippen molar-refractivity contribution < 1.29 is 17.7 Å². The van der Waals surface area contributed by atoms with Crippen LogP contribution in [0.25, 0.3) is 22.2 Å². The minimum atomic E-state index is -4.24. The minimum absolute atomic E-state index is 0.0459. The van der Waals surface area contributed by atoms with E-state index < -0.39 is 11.6 Å². The number of fused-ring (bicyclic) bond motifs is 1. The fourth-order valence-corrected chi connectivity index (χ4v) is 3.79. The zero-order chi connectivity index (χ0) is 20.9. The number of benzene rings is 2. The van der Waals surface area contributed by atoms with Crippen LogP contribution in [0.5, 0.6) is 0 Å². The molecule has 3 rings (SSSR count). The molecule has 0 amide bonds. The summed E-state index contributed by atoms with van der Waals surface area (Å²) >= 11 is 0. The third-order valence-electron chi connectivity index (χ3n) is 5.79. The number of aromatic nitrogens is 1. The first-order valence-electron chi connectivity index (χ1n) is 9.48. The van der Waals surface area contributed by atoms with Crippen LogP contribution in [-0.2, 0) is 13.5 Å². The van der Waals surface area contributed by atoms with Crippen LogP contribution in [-0.4, -0.2) is 6.18 Å². The van der Waals surface area contributed by atoms with Gasteiger partial charge in [0.2, 0.25) is 11.2 Å². The van der Waals surface area contributed by atoms with Crippen molar-refractivity contribution in [2.24, 2.45) is 12.5 Å². The first-order chi connectivity index (χ1) is 12.9. The largest absolute Gasteiger partial charge is 0.394 e. The molecule has 0 fully saturated rings. The minimum Gasteiger partial charge on any atom is -0.194 e. The third-order valence-corrected chi connectivity index (χ3v) is 5.79. The highest BCUT2D eigenvalue weighted by Crippen LogP contribution is 2.41. The van der Waals surface area contributed by atoms with Gasteiger partial charge in [-0.15, -0.1) is 0 Å². The molecule has 0 atom stereocenters. The SMILES string of the molecule is Cc1cc(C)c(C)c(-c2ccc3c(CC(C)(C)C(F)(F)F)cccc3[n+]2C)c1. The molecule has 0 N–H and O–H groups in total. The van der Waals surface area contributed by atoms with E-state index in [1.54, 1.807) is 6.07 Å². The van der Waals surface area contributed by atoms with E-state index in [1.165, 1.54) is 30.5 Å². The second-order valence-electron chi connectivity index (χ2n) is 8.44. The molecule has 1 aromatic heterocycles. The van der Waals surface area contributed by atoms with Gasteiger partial charge in [0.15, 0.2) is 0 Å². The van der Waals surface area contributed by atoms with Crippen LogP contribution in [0.1, 0.15) is 36.1 Å². The van der Waals surface area contributed by atoms with Gasteiger partial charge in [-0.1, -0.05) is 37.6 Å². The number of rotatable bonds is 3. The van der Waals surface area contributed by atoms with E-state index in [0.717, 1.165) is 27.7 Å². The van der Waals surface area contributed by atoms with Gasteiger partial charge in [-0.3, -0.25) is 0 Å². The first-order valence-corrected chi connectivity index (χ1v) is 9.48. The van der Waals surface area contributed by atoms with E-state index in [0.29, 0.717) is 0 Å². The molecule has 0 saturated carbocycles. The van der Waals surface area contributed by atoms with Crippen molar-refractivity contribution in [3.05, 3.63) is 64.7 Å². The number of pyridine rings is 1. The Morgan fingerprint density at radius 2 is 1.61 bits per heavy atom. The van der Waals surface area contributed by atoms with Crippen LogP contribution in [0.15, 0.2) is 42.5 Å². The van der Waals surface area contributed by atoms with E-state index in [1.807, 2.05) is 31.3 Å². The smallest absolute Gasteiger partial charge is 0.194 e. The maximum absolute atomic E-state index is 13.4. The Morgan fingerprint density at radius 1 is 0.929 bits per heavy atom. The number of alkyl halides is 3. The van der Waals surface area contributed by atoms with Gasteiger partial charge in [-0.05, 0) is 56.0 Å². The Hall–Kier alpha value is -2.36. The Morgan fingerprint density at radius 3 is 2.25 bits per heavy atom. The normalized spacial score (nSPS) is 12.6. The molecule has 3 aromatic rings. The summed E-state index contributed by atoms with van der Waals surface area (Å²) in [5.41, 5.74) is 5.74. The van der Waals surface area contributed by atoms with E-state index in [-0.39, 0.29) is 6.42 Å². The molecule has 0 spiro atoms. The van der Waals surface area contributed by atoms with Crippen molar-refractivity contribution in [2.45, 2.75) is 47.2 Å². The molecular weight excluding hydrogens is 359 g/mol. The van der Waals surface area contributed by atoms with Crippen molar-refractivity contribution in [2.75, 3.05) is 0 Å². The lowest BCUT2D eigenvalue weighted by Crippen LogP contribution is -2.35. The van der Waals surface area contributed by atoms with Gasteiger partial charge in [0.05, 0.1) is 5.41 Å². The van der Waals surface area contributed by atoms with Gasteiger partial charge < -0.3 is 0 Å². The Labute approximate surface area is 164 Å². The van der Waals surface area contributed by atoms with Crippen LogP contribution in [0, 0.1) is 26.2 Å². The molecule has 4 heteroatoms.